The summed E-state index contributed by atoms with van der Waals surface area (Å²) in [7, 11) is -1.17. The first-order valence-electron chi connectivity index (χ1n) is 8.23. The van der Waals surface area contributed by atoms with E-state index in [1.165, 1.54) is 11.1 Å². The number of aryl methyl sites for hydroxylation is 1. The molecule has 0 atom stereocenters. The zero-order chi connectivity index (χ0) is 17.4. The fourth-order valence-electron chi connectivity index (χ4n) is 2.24. The minimum absolute atomic E-state index is 0. The van der Waals surface area contributed by atoms with E-state index in [1.807, 2.05) is 60.7 Å². The Morgan fingerprint density at radius 1 is 0.667 bits per heavy atom. The second-order valence-electron chi connectivity index (χ2n) is 6.05. The summed E-state index contributed by atoms with van der Waals surface area (Å²) in [4.78, 5) is 10.1. The summed E-state index contributed by atoms with van der Waals surface area (Å²) in [5.74, 6) is 0.653. The standard InChI is InChI=1S/C12H11OP.C10H14.2HI.Ru/c13-14(11-7-3-1-4-8-11)12-9-5-2-6-10-12;1-8(2)10-6-4-9(3)5-7-10;;;/h1-10,13H;4-8H,1-3H3;2*1H;. The third-order valence-corrected chi connectivity index (χ3v) is 5.32. The summed E-state index contributed by atoms with van der Waals surface area (Å²) in [6.07, 6.45) is 0. The third-order valence-electron chi connectivity index (χ3n) is 3.75. The summed E-state index contributed by atoms with van der Waals surface area (Å²) in [5, 5.41) is 1.99. The van der Waals surface area contributed by atoms with E-state index in [-0.39, 0.29) is 67.4 Å². The van der Waals surface area contributed by atoms with Gasteiger partial charge in [0.1, 0.15) is 0 Å². The zero-order valence-electron chi connectivity index (χ0n) is 15.7. The summed E-state index contributed by atoms with van der Waals surface area (Å²) >= 11 is 0. The number of halogens is 2. The Hall–Kier alpha value is 0.133. The van der Waals surface area contributed by atoms with Crippen molar-refractivity contribution in [1.82, 2.24) is 0 Å². The molecule has 3 rings (SSSR count). The second kappa shape index (κ2) is 16.0. The molecule has 0 bridgehead atoms. The third kappa shape index (κ3) is 10.5. The molecule has 3 aromatic carbocycles. The van der Waals surface area contributed by atoms with E-state index in [0.717, 1.165) is 10.6 Å². The van der Waals surface area contributed by atoms with Crippen molar-refractivity contribution in [2.75, 3.05) is 0 Å². The molecule has 27 heavy (non-hydrogen) atoms. The molecule has 0 fully saturated rings. The van der Waals surface area contributed by atoms with Crippen LogP contribution in [-0.2, 0) is 19.5 Å². The maximum Gasteiger partial charge on any atom is 0.0877 e. The maximum absolute atomic E-state index is 10.1. The topological polar surface area (TPSA) is 20.2 Å². The molecule has 0 radical (unpaired) electrons. The zero-order valence-corrected chi connectivity index (χ0v) is 23.0. The predicted octanol–water partition coefficient (Wildman–Crippen LogP) is 6.38. The van der Waals surface area contributed by atoms with Gasteiger partial charge in [0.25, 0.3) is 0 Å². The molecule has 0 spiro atoms. The molecular formula is C22H27I2OPRu. The Morgan fingerprint density at radius 2 is 1.04 bits per heavy atom. The van der Waals surface area contributed by atoms with Crippen LogP contribution in [-0.4, -0.2) is 4.89 Å². The van der Waals surface area contributed by atoms with E-state index in [4.69, 9.17) is 0 Å². The molecule has 1 N–H and O–H groups in total. The number of rotatable bonds is 3. The minimum Gasteiger partial charge on any atom is -0.364 e. The molecule has 0 aliphatic rings. The van der Waals surface area contributed by atoms with Crippen LogP contribution in [0.15, 0.2) is 84.9 Å². The van der Waals surface area contributed by atoms with Crippen molar-refractivity contribution in [3.05, 3.63) is 96.1 Å². The number of hydrogen-bond acceptors (Lipinski definition) is 1. The van der Waals surface area contributed by atoms with Gasteiger partial charge in [-0.15, -0.1) is 48.0 Å². The number of hydrogen-bond donors (Lipinski definition) is 1. The van der Waals surface area contributed by atoms with Crippen molar-refractivity contribution in [2.24, 2.45) is 0 Å². The molecule has 0 saturated carbocycles. The van der Waals surface area contributed by atoms with Gasteiger partial charge in [0, 0.05) is 30.1 Å². The van der Waals surface area contributed by atoms with Gasteiger partial charge in [-0.25, -0.2) is 0 Å². The van der Waals surface area contributed by atoms with Crippen molar-refractivity contribution in [3.8, 4) is 0 Å². The molecule has 0 saturated heterocycles. The smallest absolute Gasteiger partial charge is 0.0877 e. The molecule has 0 aliphatic heterocycles. The molecule has 0 amide bonds. The van der Waals surface area contributed by atoms with Crippen molar-refractivity contribution >= 4 is 66.7 Å². The maximum atomic E-state index is 10.1. The molecule has 0 aromatic heterocycles. The molecule has 0 heterocycles. The molecule has 3 aromatic rings. The average Bonchev–Trinajstić information content (AvgIpc) is 2.63. The Bertz CT molecular complexity index is 683. The van der Waals surface area contributed by atoms with Gasteiger partial charge >= 0.3 is 0 Å². The summed E-state index contributed by atoms with van der Waals surface area (Å²) in [6, 6.07) is 28.2. The van der Waals surface area contributed by atoms with Gasteiger partial charge in [-0.1, -0.05) is 104 Å². The second-order valence-corrected chi connectivity index (χ2v) is 7.70. The summed E-state index contributed by atoms with van der Waals surface area (Å²) < 4.78 is 0. The van der Waals surface area contributed by atoms with Gasteiger partial charge in [-0.2, -0.15) is 0 Å². The van der Waals surface area contributed by atoms with E-state index >= 15 is 0 Å². The Labute approximate surface area is 212 Å². The minimum atomic E-state index is -1.17. The largest absolute Gasteiger partial charge is 0.364 e. The van der Waals surface area contributed by atoms with E-state index in [1.54, 1.807) is 0 Å². The van der Waals surface area contributed by atoms with Crippen molar-refractivity contribution in [2.45, 2.75) is 26.7 Å². The van der Waals surface area contributed by atoms with Crippen LogP contribution in [0.5, 0.6) is 0 Å². The van der Waals surface area contributed by atoms with Crippen LogP contribution >= 0.6 is 56.1 Å². The van der Waals surface area contributed by atoms with Crippen molar-refractivity contribution in [1.29, 1.82) is 0 Å². The van der Waals surface area contributed by atoms with E-state index < -0.39 is 8.15 Å². The SMILES string of the molecule is Cc1ccc(C(C)C)cc1.I.I.OP(c1ccccc1)c1ccccc1.[Ru]. The predicted molar refractivity (Wildman–Crippen MR) is 137 cm³/mol. The first kappa shape index (κ1) is 29.3. The first-order valence-corrected chi connectivity index (χ1v) is 9.53. The fourth-order valence-corrected chi connectivity index (χ4v) is 3.45. The molecule has 148 valence electrons. The van der Waals surface area contributed by atoms with Crippen LogP contribution in [0.3, 0.4) is 0 Å². The average molecular weight is 693 g/mol. The first-order chi connectivity index (χ1) is 11.6. The molecule has 5 heteroatoms. The fraction of sp³-hybridized carbons (Fsp3) is 0.182. The van der Waals surface area contributed by atoms with Crippen molar-refractivity contribution < 1.29 is 24.4 Å². The Kier molecular flexibility index (Phi) is 17.4. The van der Waals surface area contributed by atoms with Gasteiger partial charge in [-0.3, -0.25) is 0 Å². The Balaban J connectivity index is 0. The number of benzene rings is 3. The quantitative estimate of drug-likeness (QED) is 0.192. The van der Waals surface area contributed by atoms with Crippen molar-refractivity contribution in [3.63, 3.8) is 0 Å². The van der Waals surface area contributed by atoms with Gasteiger partial charge in [-0.05, 0) is 18.4 Å². The molecule has 0 unspecified atom stereocenters. The van der Waals surface area contributed by atoms with Crippen LogP contribution < -0.4 is 10.6 Å². The van der Waals surface area contributed by atoms with Gasteiger partial charge in [0.2, 0.25) is 0 Å². The normalized spacial score (nSPS) is 9.26. The van der Waals surface area contributed by atoms with E-state index in [0.29, 0.717) is 5.92 Å². The van der Waals surface area contributed by atoms with Crippen LogP contribution in [0, 0.1) is 6.92 Å². The molecule has 0 aliphatic carbocycles. The van der Waals surface area contributed by atoms with E-state index in [9.17, 15) is 4.89 Å². The van der Waals surface area contributed by atoms with Gasteiger partial charge in [0.05, 0.1) is 8.15 Å². The molecule has 1 nitrogen and oxygen atoms in total. The van der Waals surface area contributed by atoms with Crippen LogP contribution in [0.4, 0.5) is 0 Å². The Morgan fingerprint density at radius 3 is 1.37 bits per heavy atom. The summed E-state index contributed by atoms with van der Waals surface area (Å²) in [6.45, 7) is 6.54. The van der Waals surface area contributed by atoms with Crippen LogP contribution in [0.1, 0.15) is 30.9 Å². The van der Waals surface area contributed by atoms with E-state index in [2.05, 4.69) is 45.0 Å². The molecular weight excluding hydrogens is 666 g/mol. The van der Waals surface area contributed by atoms with Crippen LogP contribution in [0.25, 0.3) is 0 Å². The summed E-state index contributed by atoms with van der Waals surface area (Å²) in [5.41, 5.74) is 2.76. The van der Waals surface area contributed by atoms with Gasteiger partial charge < -0.3 is 4.89 Å². The van der Waals surface area contributed by atoms with Gasteiger partial charge in [0.15, 0.2) is 0 Å². The van der Waals surface area contributed by atoms with Crippen LogP contribution in [0.2, 0.25) is 0 Å². The monoisotopic (exact) mass is 694 g/mol.